The van der Waals surface area contributed by atoms with E-state index in [-0.39, 0.29) is 0 Å². The van der Waals surface area contributed by atoms with E-state index in [1.54, 1.807) is 0 Å². The Bertz CT molecular complexity index is 2570. The molecule has 49 heavy (non-hydrogen) atoms. The van der Waals surface area contributed by atoms with Crippen molar-refractivity contribution < 1.29 is 4.42 Å². The van der Waals surface area contributed by atoms with Gasteiger partial charge in [-0.1, -0.05) is 164 Å². The molecule has 2 aromatic heterocycles. The Morgan fingerprint density at radius 3 is 1.37 bits per heavy atom. The van der Waals surface area contributed by atoms with Gasteiger partial charge in [0, 0.05) is 21.9 Å². The molecule has 7 aromatic carbocycles. The van der Waals surface area contributed by atoms with Crippen molar-refractivity contribution in [2.75, 3.05) is 0 Å². The Morgan fingerprint density at radius 2 is 0.714 bits per heavy atom. The number of fused-ring (bicyclic) bond motifs is 3. The lowest BCUT2D eigenvalue weighted by Gasteiger charge is -2.11. The summed E-state index contributed by atoms with van der Waals surface area (Å²) in [6.07, 6.45) is 0. The number of rotatable bonds is 6. The minimum absolute atomic E-state index is 0.573. The zero-order valence-electron chi connectivity index (χ0n) is 26.5. The molecular formula is C45H29N3O. The van der Waals surface area contributed by atoms with Crippen molar-refractivity contribution in [3.63, 3.8) is 0 Å². The molecule has 0 atom stereocenters. The highest BCUT2D eigenvalue weighted by molar-refractivity contribution is 6.09. The molecule has 0 aliphatic rings. The summed E-state index contributed by atoms with van der Waals surface area (Å²) in [5.41, 5.74) is 11.4. The van der Waals surface area contributed by atoms with E-state index in [2.05, 4.69) is 115 Å². The molecule has 2 heterocycles. The van der Waals surface area contributed by atoms with Gasteiger partial charge < -0.3 is 4.42 Å². The molecule has 0 spiro atoms. The molecule has 0 saturated heterocycles. The number of furan rings is 1. The number of hydrogen-bond acceptors (Lipinski definition) is 4. The highest BCUT2D eigenvalue weighted by Gasteiger charge is 2.17. The quantitative estimate of drug-likeness (QED) is 0.184. The van der Waals surface area contributed by atoms with E-state index in [9.17, 15) is 0 Å². The minimum Gasteiger partial charge on any atom is -0.455 e. The lowest BCUT2D eigenvalue weighted by Crippen LogP contribution is -2.00. The molecule has 0 saturated carbocycles. The van der Waals surface area contributed by atoms with Crippen LogP contribution in [0.3, 0.4) is 0 Å². The monoisotopic (exact) mass is 627 g/mol. The summed E-state index contributed by atoms with van der Waals surface area (Å²) in [4.78, 5) is 14.9. The lowest BCUT2D eigenvalue weighted by molar-refractivity contribution is 0.669. The highest BCUT2D eigenvalue weighted by Crippen LogP contribution is 2.37. The van der Waals surface area contributed by atoms with Crippen LogP contribution in [0.5, 0.6) is 0 Å². The minimum atomic E-state index is 0.573. The van der Waals surface area contributed by atoms with Crippen molar-refractivity contribution in [2.24, 2.45) is 0 Å². The average Bonchev–Trinajstić information content (AvgIpc) is 3.58. The summed E-state index contributed by atoms with van der Waals surface area (Å²) in [6, 6.07) is 60.6. The smallest absolute Gasteiger partial charge is 0.167 e. The van der Waals surface area contributed by atoms with E-state index in [4.69, 9.17) is 19.4 Å². The van der Waals surface area contributed by atoms with Crippen LogP contribution < -0.4 is 0 Å². The molecule has 0 fully saturated rings. The molecular weight excluding hydrogens is 599 g/mol. The Morgan fingerprint density at radius 1 is 0.286 bits per heavy atom. The molecule has 0 radical (unpaired) electrons. The molecule has 0 aliphatic carbocycles. The zero-order chi connectivity index (χ0) is 32.6. The first-order valence-electron chi connectivity index (χ1n) is 16.4. The molecule has 4 nitrogen and oxygen atoms in total. The van der Waals surface area contributed by atoms with Crippen molar-refractivity contribution in [3.8, 4) is 67.5 Å². The summed E-state index contributed by atoms with van der Waals surface area (Å²) in [5.74, 6) is 1.80. The first-order chi connectivity index (χ1) is 24.3. The van der Waals surface area contributed by atoms with Crippen molar-refractivity contribution in [2.45, 2.75) is 0 Å². The van der Waals surface area contributed by atoms with Gasteiger partial charge in [-0.3, -0.25) is 0 Å². The van der Waals surface area contributed by atoms with E-state index in [0.29, 0.717) is 17.5 Å². The average molecular weight is 628 g/mol. The molecule has 230 valence electrons. The van der Waals surface area contributed by atoms with Gasteiger partial charge in [-0.15, -0.1) is 0 Å². The summed E-state index contributed by atoms with van der Waals surface area (Å²) < 4.78 is 6.36. The van der Waals surface area contributed by atoms with Gasteiger partial charge in [0.2, 0.25) is 0 Å². The van der Waals surface area contributed by atoms with Gasteiger partial charge in [-0.2, -0.15) is 0 Å². The summed E-state index contributed by atoms with van der Waals surface area (Å²) in [7, 11) is 0. The van der Waals surface area contributed by atoms with E-state index in [1.807, 2.05) is 60.7 Å². The van der Waals surface area contributed by atoms with Gasteiger partial charge >= 0.3 is 0 Å². The summed E-state index contributed by atoms with van der Waals surface area (Å²) >= 11 is 0. The molecule has 9 rings (SSSR count). The second kappa shape index (κ2) is 12.2. The number of para-hydroxylation sites is 2. The standard InChI is InChI=1S/C45H29N3O/c1-3-12-32(13-4-1)36-16-7-8-17-37(36)33-26-22-30(23-27-33)31-24-28-35(29-25-31)44-46-43(34-14-5-2-6-15-34)47-45(48-44)40-20-11-19-39-38-18-9-10-21-41(38)49-42(39)40/h1-29H. The van der Waals surface area contributed by atoms with Gasteiger partial charge in [-0.25, -0.2) is 15.0 Å². The van der Waals surface area contributed by atoms with Gasteiger partial charge in [0.25, 0.3) is 0 Å². The molecule has 0 bridgehead atoms. The topological polar surface area (TPSA) is 51.8 Å². The summed E-state index contributed by atoms with van der Waals surface area (Å²) in [6.45, 7) is 0. The fraction of sp³-hybridized carbons (Fsp3) is 0. The van der Waals surface area contributed by atoms with Crippen LogP contribution in [0.15, 0.2) is 180 Å². The third-order valence-electron chi connectivity index (χ3n) is 9.00. The number of hydrogen-bond donors (Lipinski definition) is 0. The molecule has 0 aliphatic heterocycles. The zero-order valence-corrected chi connectivity index (χ0v) is 26.5. The third-order valence-corrected chi connectivity index (χ3v) is 9.00. The predicted octanol–water partition coefficient (Wildman–Crippen LogP) is 11.8. The molecule has 0 amide bonds. The molecule has 9 aromatic rings. The predicted molar refractivity (Wildman–Crippen MR) is 200 cm³/mol. The van der Waals surface area contributed by atoms with Crippen LogP contribution in [-0.2, 0) is 0 Å². The van der Waals surface area contributed by atoms with Crippen LogP contribution in [0.4, 0.5) is 0 Å². The normalized spacial score (nSPS) is 11.3. The van der Waals surface area contributed by atoms with Crippen LogP contribution in [0, 0.1) is 0 Å². The van der Waals surface area contributed by atoms with Crippen molar-refractivity contribution in [1.82, 2.24) is 15.0 Å². The van der Waals surface area contributed by atoms with E-state index in [1.165, 1.54) is 22.3 Å². The summed E-state index contributed by atoms with van der Waals surface area (Å²) in [5, 5.41) is 2.11. The van der Waals surface area contributed by atoms with Crippen molar-refractivity contribution in [1.29, 1.82) is 0 Å². The van der Waals surface area contributed by atoms with Gasteiger partial charge in [0.1, 0.15) is 11.2 Å². The lowest BCUT2D eigenvalue weighted by atomic mass is 9.93. The first-order valence-corrected chi connectivity index (χ1v) is 16.4. The second-order valence-electron chi connectivity index (χ2n) is 12.0. The maximum atomic E-state index is 6.36. The number of benzene rings is 7. The van der Waals surface area contributed by atoms with Crippen molar-refractivity contribution in [3.05, 3.63) is 176 Å². The Balaban J connectivity index is 1.08. The fourth-order valence-electron chi connectivity index (χ4n) is 6.52. The van der Waals surface area contributed by atoms with Gasteiger partial charge in [0.05, 0.1) is 5.56 Å². The maximum Gasteiger partial charge on any atom is 0.167 e. The number of aromatic nitrogens is 3. The highest BCUT2D eigenvalue weighted by atomic mass is 16.3. The molecule has 0 unspecified atom stereocenters. The van der Waals surface area contributed by atoms with Crippen LogP contribution in [0.25, 0.3) is 89.5 Å². The van der Waals surface area contributed by atoms with E-state index >= 15 is 0 Å². The largest absolute Gasteiger partial charge is 0.455 e. The first kappa shape index (κ1) is 28.6. The maximum absolute atomic E-state index is 6.36. The molecule has 0 N–H and O–H groups in total. The second-order valence-corrected chi connectivity index (χ2v) is 12.0. The molecule has 4 heteroatoms. The SMILES string of the molecule is c1ccc(-c2nc(-c3ccc(-c4ccc(-c5ccccc5-c5ccccc5)cc4)cc3)nc(-c3cccc4c3oc3ccccc34)n2)cc1. The van der Waals surface area contributed by atoms with E-state index in [0.717, 1.165) is 49.8 Å². The van der Waals surface area contributed by atoms with E-state index < -0.39 is 0 Å². The number of nitrogens with zero attached hydrogens (tertiary/aromatic N) is 3. The van der Waals surface area contributed by atoms with Crippen LogP contribution in [0.1, 0.15) is 0 Å². The van der Waals surface area contributed by atoms with Gasteiger partial charge in [0.15, 0.2) is 17.5 Å². The Labute approximate surface area is 284 Å². The Kier molecular flexibility index (Phi) is 7.10. The van der Waals surface area contributed by atoms with Crippen molar-refractivity contribution >= 4 is 21.9 Å². The van der Waals surface area contributed by atoms with Crippen LogP contribution in [0.2, 0.25) is 0 Å². The van der Waals surface area contributed by atoms with Crippen LogP contribution >= 0.6 is 0 Å². The third kappa shape index (κ3) is 5.35. The fourth-order valence-corrected chi connectivity index (χ4v) is 6.52. The van der Waals surface area contributed by atoms with Crippen LogP contribution in [-0.4, -0.2) is 15.0 Å². The van der Waals surface area contributed by atoms with Gasteiger partial charge in [-0.05, 0) is 45.5 Å². The Hall–Kier alpha value is -6.65.